The van der Waals surface area contributed by atoms with E-state index in [1.807, 2.05) is 55.6 Å². The van der Waals surface area contributed by atoms with Gasteiger partial charge in [0.05, 0.1) is 11.3 Å². The predicted molar refractivity (Wildman–Crippen MR) is 139 cm³/mol. The van der Waals surface area contributed by atoms with Crippen molar-refractivity contribution in [2.24, 2.45) is 0 Å². The van der Waals surface area contributed by atoms with Gasteiger partial charge < -0.3 is 10.1 Å². The van der Waals surface area contributed by atoms with Gasteiger partial charge in [-0.1, -0.05) is 6.07 Å². The van der Waals surface area contributed by atoms with Crippen molar-refractivity contribution in [2.45, 2.75) is 33.3 Å². The number of pyridine rings is 3. The Balaban J connectivity index is 1.47. The molecule has 1 aliphatic rings. The number of thiophene rings is 1. The number of fused-ring (bicyclic) bond motifs is 1. The van der Waals surface area contributed by atoms with E-state index < -0.39 is 11.9 Å². The van der Waals surface area contributed by atoms with Crippen molar-refractivity contribution in [2.75, 3.05) is 0 Å². The second-order valence-electron chi connectivity index (χ2n) is 8.60. The maximum Gasteiger partial charge on any atom is 0.337 e. The van der Waals surface area contributed by atoms with E-state index in [4.69, 9.17) is 4.74 Å². The highest BCUT2D eigenvalue weighted by Gasteiger charge is 2.37. The van der Waals surface area contributed by atoms with Gasteiger partial charge in [-0.3, -0.25) is 14.8 Å². The summed E-state index contributed by atoms with van der Waals surface area (Å²) in [5.74, 6) is -1.11. The lowest BCUT2D eigenvalue weighted by Crippen LogP contribution is -2.31. The summed E-state index contributed by atoms with van der Waals surface area (Å²) in [5, 5.41) is 6.13. The summed E-state index contributed by atoms with van der Waals surface area (Å²) in [7, 11) is 0. The van der Waals surface area contributed by atoms with Gasteiger partial charge in [-0.15, -0.1) is 11.3 Å². The average molecular weight is 497 g/mol. The molecule has 180 valence electrons. The lowest BCUT2D eigenvalue weighted by atomic mass is 9.79. The zero-order valence-electron chi connectivity index (χ0n) is 20.1. The number of hydrogen-bond acceptors (Lipinski definition) is 8. The van der Waals surface area contributed by atoms with Gasteiger partial charge in [0.15, 0.2) is 5.78 Å². The van der Waals surface area contributed by atoms with Crippen LogP contribution >= 0.6 is 11.3 Å². The first kappa shape index (κ1) is 23.6. The molecule has 1 unspecified atom stereocenters. The number of carbonyl (C=O) groups is 2. The smallest absolute Gasteiger partial charge is 0.337 e. The van der Waals surface area contributed by atoms with Crippen molar-refractivity contribution in [3.63, 3.8) is 0 Å². The number of ether oxygens (including phenoxy) is 1. The van der Waals surface area contributed by atoms with Crippen LogP contribution in [0.2, 0.25) is 0 Å². The van der Waals surface area contributed by atoms with Crippen LogP contribution in [-0.2, 0) is 20.9 Å². The van der Waals surface area contributed by atoms with E-state index in [0.717, 1.165) is 38.3 Å². The Hall–Kier alpha value is -4.17. The first-order valence-corrected chi connectivity index (χ1v) is 12.4. The highest BCUT2D eigenvalue weighted by molar-refractivity contribution is 7.16. The largest absolute Gasteiger partial charge is 0.457 e. The van der Waals surface area contributed by atoms with Crippen molar-refractivity contribution < 1.29 is 14.3 Å². The Kier molecular flexibility index (Phi) is 6.43. The number of rotatable bonds is 6. The molecule has 4 aromatic rings. The Labute approximate surface area is 212 Å². The Morgan fingerprint density at radius 3 is 2.56 bits per heavy atom. The maximum absolute atomic E-state index is 13.6. The summed E-state index contributed by atoms with van der Waals surface area (Å²) in [6, 6.07) is 11.3. The standard InChI is InChI=1S/C28H24N4O3S/c1-16-24(18(3)33)26(22-15-36-27-21(22)5-4-9-31-27)25(17(2)32-16)28(34)35-14-19-6-12-30-23(13-19)20-7-10-29-11-8-20/h4-13,15,26,32H,14H2,1-3H3. The number of ketones is 1. The molecular weight excluding hydrogens is 472 g/mol. The summed E-state index contributed by atoms with van der Waals surface area (Å²) >= 11 is 1.50. The van der Waals surface area contributed by atoms with E-state index in [0.29, 0.717) is 16.8 Å². The fraction of sp³-hybridized carbons (Fsp3) is 0.179. The van der Waals surface area contributed by atoms with Crippen LogP contribution in [0.15, 0.2) is 89.1 Å². The van der Waals surface area contributed by atoms with E-state index in [2.05, 4.69) is 20.3 Å². The molecule has 5 rings (SSSR count). The quantitative estimate of drug-likeness (QED) is 0.361. The van der Waals surface area contributed by atoms with Crippen LogP contribution in [-0.4, -0.2) is 26.7 Å². The molecule has 1 N–H and O–H groups in total. The monoisotopic (exact) mass is 496 g/mol. The molecule has 1 atom stereocenters. The molecule has 8 heteroatoms. The lowest BCUT2D eigenvalue weighted by molar-refractivity contribution is -0.140. The van der Waals surface area contributed by atoms with Crippen LogP contribution in [0.4, 0.5) is 0 Å². The van der Waals surface area contributed by atoms with Crippen LogP contribution < -0.4 is 5.32 Å². The number of aromatic nitrogens is 3. The zero-order valence-corrected chi connectivity index (χ0v) is 20.9. The molecule has 0 radical (unpaired) electrons. The lowest BCUT2D eigenvalue weighted by Gasteiger charge is -2.30. The highest BCUT2D eigenvalue weighted by atomic mass is 32.1. The number of esters is 1. The first-order valence-electron chi connectivity index (χ1n) is 11.5. The predicted octanol–water partition coefficient (Wildman–Crippen LogP) is 5.32. The Morgan fingerprint density at radius 2 is 1.78 bits per heavy atom. The summed E-state index contributed by atoms with van der Waals surface area (Å²) in [6.45, 7) is 5.30. The molecular formula is C28H24N4O3S. The summed E-state index contributed by atoms with van der Waals surface area (Å²) in [5.41, 5.74) is 5.78. The van der Waals surface area contributed by atoms with Crippen LogP contribution in [0.25, 0.3) is 21.5 Å². The minimum atomic E-state index is -0.543. The molecule has 0 spiro atoms. The minimum Gasteiger partial charge on any atom is -0.457 e. The summed E-state index contributed by atoms with van der Waals surface area (Å²) in [6.07, 6.45) is 6.85. The fourth-order valence-corrected chi connectivity index (χ4v) is 5.56. The minimum absolute atomic E-state index is 0.0764. The van der Waals surface area contributed by atoms with E-state index in [9.17, 15) is 9.59 Å². The van der Waals surface area contributed by atoms with Gasteiger partial charge in [-0.2, -0.15) is 0 Å². The molecule has 1 aliphatic heterocycles. The number of dihydropyridines is 1. The summed E-state index contributed by atoms with van der Waals surface area (Å²) in [4.78, 5) is 40.1. The third-order valence-corrected chi connectivity index (χ3v) is 7.14. The van der Waals surface area contributed by atoms with Crippen molar-refractivity contribution in [1.29, 1.82) is 0 Å². The molecule has 0 bridgehead atoms. The first-order chi connectivity index (χ1) is 17.4. The van der Waals surface area contributed by atoms with Crippen LogP contribution in [0.5, 0.6) is 0 Å². The van der Waals surface area contributed by atoms with E-state index in [1.165, 1.54) is 18.3 Å². The van der Waals surface area contributed by atoms with Crippen molar-refractivity contribution in [3.05, 3.63) is 100 Å². The van der Waals surface area contributed by atoms with Gasteiger partial charge in [-0.05, 0) is 67.6 Å². The van der Waals surface area contributed by atoms with E-state index in [-0.39, 0.29) is 12.4 Å². The van der Waals surface area contributed by atoms with Gasteiger partial charge >= 0.3 is 5.97 Å². The fourth-order valence-electron chi connectivity index (χ4n) is 4.62. The molecule has 5 heterocycles. The average Bonchev–Trinajstić information content (AvgIpc) is 3.31. The second-order valence-corrected chi connectivity index (χ2v) is 9.46. The molecule has 0 amide bonds. The van der Waals surface area contributed by atoms with Crippen LogP contribution in [0, 0.1) is 0 Å². The van der Waals surface area contributed by atoms with Gasteiger partial charge in [0, 0.05) is 58.6 Å². The second kappa shape index (κ2) is 9.83. The number of Topliss-reactive ketones (excluding diaryl/α,β-unsaturated/α-hetero) is 1. The number of nitrogens with one attached hydrogen (secondary N) is 1. The highest BCUT2D eigenvalue weighted by Crippen LogP contribution is 2.43. The Morgan fingerprint density at radius 1 is 1.00 bits per heavy atom. The molecule has 0 saturated carbocycles. The number of carbonyl (C=O) groups excluding carboxylic acids is 2. The van der Waals surface area contributed by atoms with Crippen molar-refractivity contribution >= 4 is 33.3 Å². The van der Waals surface area contributed by atoms with Crippen LogP contribution in [0.1, 0.15) is 37.8 Å². The molecule has 0 aromatic carbocycles. The molecule has 36 heavy (non-hydrogen) atoms. The number of nitrogens with zero attached hydrogens (tertiary/aromatic N) is 3. The van der Waals surface area contributed by atoms with Gasteiger partial charge in [-0.25, -0.2) is 9.78 Å². The Bertz CT molecular complexity index is 1540. The number of hydrogen-bond donors (Lipinski definition) is 1. The SMILES string of the molecule is CC(=O)C1=C(C)NC(C)=C(C(=O)OCc2ccnc(-c3ccncc3)c2)C1c1csc2ncccc12. The van der Waals surface area contributed by atoms with E-state index >= 15 is 0 Å². The van der Waals surface area contributed by atoms with Crippen molar-refractivity contribution in [3.8, 4) is 11.3 Å². The molecule has 0 fully saturated rings. The normalized spacial score (nSPS) is 15.7. The molecule has 0 aliphatic carbocycles. The zero-order chi connectivity index (χ0) is 25.2. The number of allylic oxidation sites excluding steroid dienone is 3. The summed E-state index contributed by atoms with van der Waals surface area (Å²) < 4.78 is 5.81. The molecule has 4 aromatic heterocycles. The van der Waals surface area contributed by atoms with E-state index in [1.54, 1.807) is 24.8 Å². The van der Waals surface area contributed by atoms with Gasteiger partial charge in [0.25, 0.3) is 0 Å². The van der Waals surface area contributed by atoms with Crippen molar-refractivity contribution in [1.82, 2.24) is 20.3 Å². The maximum atomic E-state index is 13.6. The molecule has 0 saturated heterocycles. The van der Waals surface area contributed by atoms with Crippen LogP contribution in [0.3, 0.4) is 0 Å². The van der Waals surface area contributed by atoms with Gasteiger partial charge in [0.1, 0.15) is 11.4 Å². The topological polar surface area (TPSA) is 94.1 Å². The molecule has 7 nitrogen and oxygen atoms in total. The van der Waals surface area contributed by atoms with Gasteiger partial charge in [0.2, 0.25) is 0 Å². The third-order valence-electron chi connectivity index (χ3n) is 6.22. The third kappa shape index (κ3) is 4.43.